The van der Waals surface area contributed by atoms with Crippen LogP contribution in [0, 0.1) is 6.92 Å². The van der Waals surface area contributed by atoms with Crippen LogP contribution in [-0.2, 0) is 6.18 Å². The molecule has 1 aliphatic rings. The number of nitrogens with zero attached hydrogens (tertiary/aromatic N) is 2. The molecule has 1 aliphatic heterocycles. The Bertz CT molecular complexity index is 495. The fraction of sp³-hybridized carbons (Fsp3) is 0.556. The highest BCUT2D eigenvalue weighted by Gasteiger charge is 2.40. The maximum Gasteiger partial charge on any atom is 0.432 e. The molecule has 0 fully saturated rings. The van der Waals surface area contributed by atoms with Gasteiger partial charge in [0.1, 0.15) is 11.5 Å². The zero-order chi connectivity index (χ0) is 12.1. The maximum absolute atomic E-state index is 12.8. The lowest BCUT2D eigenvalue weighted by molar-refractivity contribution is -0.142. The number of fused-ring (bicyclic) bond motifs is 1. The van der Waals surface area contributed by atoms with Gasteiger partial charge < -0.3 is 0 Å². The van der Waals surface area contributed by atoms with Crippen LogP contribution in [0.1, 0.15) is 29.9 Å². The summed E-state index contributed by atoms with van der Waals surface area (Å²) in [5.41, 5.74) is -2.00. The van der Waals surface area contributed by atoms with E-state index in [4.69, 9.17) is 0 Å². The number of hydrogen-bond donors (Lipinski definition) is 0. The van der Waals surface area contributed by atoms with Gasteiger partial charge in [0.25, 0.3) is 5.56 Å². The van der Waals surface area contributed by atoms with Gasteiger partial charge in [-0.3, -0.25) is 8.77 Å². The topological polar surface area (TPSA) is 34.9 Å². The minimum Gasteiger partial charge on any atom is -0.267 e. The van der Waals surface area contributed by atoms with Crippen molar-refractivity contribution in [2.45, 2.75) is 25.9 Å². The van der Waals surface area contributed by atoms with Gasteiger partial charge in [-0.05, 0) is 18.9 Å². The average Bonchev–Trinajstić information content (AvgIpc) is 2.47. The van der Waals surface area contributed by atoms with Crippen LogP contribution in [0.25, 0.3) is 0 Å². The molecule has 88 valence electrons. The molecule has 0 saturated heterocycles. The maximum atomic E-state index is 12.8. The molecule has 0 amide bonds. The molecule has 0 spiro atoms. The molecule has 1 atom stereocenters. The van der Waals surface area contributed by atoms with E-state index >= 15 is 0 Å². The smallest absolute Gasteiger partial charge is 0.267 e. The predicted molar refractivity (Wildman–Crippen MR) is 54.5 cm³/mol. The summed E-state index contributed by atoms with van der Waals surface area (Å²) in [7, 11) is 0. The number of rotatable bonds is 0. The predicted octanol–water partition coefficient (Wildman–Crippen LogP) is 2.18. The fourth-order valence-corrected chi connectivity index (χ4v) is 2.88. The number of hydrogen-bond acceptors (Lipinski definition) is 3. The molecule has 0 aromatic carbocycles. The first kappa shape index (κ1) is 11.5. The van der Waals surface area contributed by atoms with Crippen LogP contribution in [0.5, 0.6) is 0 Å². The summed E-state index contributed by atoms with van der Waals surface area (Å²) in [4.78, 5) is 15.1. The molecule has 2 heterocycles. The molecular formula is C9H9F3N2OS. The van der Waals surface area contributed by atoms with Crippen LogP contribution in [0.15, 0.2) is 4.79 Å². The van der Waals surface area contributed by atoms with Crippen LogP contribution < -0.4 is 5.56 Å². The van der Waals surface area contributed by atoms with Crippen LogP contribution in [-0.4, -0.2) is 14.7 Å². The Morgan fingerprint density at radius 1 is 1.50 bits per heavy atom. The van der Waals surface area contributed by atoms with Crippen molar-refractivity contribution in [1.29, 1.82) is 0 Å². The minimum atomic E-state index is -4.52. The Morgan fingerprint density at radius 3 is 2.69 bits per heavy atom. The van der Waals surface area contributed by atoms with Crippen molar-refractivity contribution in [3.8, 4) is 0 Å². The molecule has 1 aromatic heterocycles. The first-order valence-electron chi connectivity index (χ1n) is 4.66. The van der Waals surface area contributed by atoms with Gasteiger partial charge in [0.2, 0.25) is 0 Å². The molecule has 1 aromatic rings. The van der Waals surface area contributed by atoms with Crippen molar-refractivity contribution >= 4 is 11.9 Å². The van der Waals surface area contributed by atoms with E-state index < -0.39 is 17.4 Å². The Hall–Kier alpha value is -0.980. The van der Waals surface area contributed by atoms with E-state index in [-0.39, 0.29) is 17.3 Å². The summed E-state index contributed by atoms with van der Waals surface area (Å²) in [6, 6.07) is 0. The number of halogens is 3. The van der Waals surface area contributed by atoms with Crippen LogP contribution >= 0.6 is 11.9 Å². The normalized spacial score (nSPS) is 19.9. The third-order valence-electron chi connectivity index (χ3n) is 2.47. The molecule has 0 N–H and O–H groups in total. The highest BCUT2D eigenvalue weighted by Crippen LogP contribution is 2.38. The number of aromatic nitrogens is 2. The standard InChI is InChI=1S/C9H9F3N2OS/c1-4-3-16-14-6(9(10,11)12)5(2)8(15)13-7(4)14/h4H,3H2,1-2H3. The minimum absolute atomic E-state index is 0.126. The molecule has 0 saturated carbocycles. The quantitative estimate of drug-likeness (QED) is 0.708. The summed E-state index contributed by atoms with van der Waals surface area (Å²) in [6.07, 6.45) is -4.52. The number of alkyl halides is 3. The monoisotopic (exact) mass is 250 g/mol. The second kappa shape index (κ2) is 3.51. The first-order valence-corrected chi connectivity index (χ1v) is 5.60. The summed E-state index contributed by atoms with van der Waals surface area (Å²) in [6.45, 7) is 2.92. The average molecular weight is 250 g/mol. The molecule has 2 rings (SSSR count). The second-order valence-corrected chi connectivity index (χ2v) is 4.69. The Labute approximate surface area is 93.8 Å². The van der Waals surface area contributed by atoms with Crippen molar-refractivity contribution < 1.29 is 13.2 Å². The highest BCUT2D eigenvalue weighted by molar-refractivity contribution is 7.98. The van der Waals surface area contributed by atoms with Crippen molar-refractivity contribution in [2.24, 2.45) is 0 Å². The van der Waals surface area contributed by atoms with Gasteiger partial charge in [0.05, 0.1) is 0 Å². The van der Waals surface area contributed by atoms with Crippen molar-refractivity contribution in [1.82, 2.24) is 8.96 Å². The van der Waals surface area contributed by atoms with Crippen LogP contribution in [0.3, 0.4) is 0 Å². The van der Waals surface area contributed by atoms with E-state index in [1.54, 1.807) is 6.92 Å². The van der Waals surface area contributed by atoms with Crippen molar-refractivity contribution in [2.75, 3.05) is 5.75 Å². The molecular weight excluding hydrogens is 241 g/mol. The van der Waals surface area contributed by atoms with E-state index in [1.165, 1.54) is 0 Å². The largest absolute Gasteiger partial charge is 0.432 e. The Kier molecular flexibility index (Phi) is 2.52. The molecule has 0 aliphatic carbocycles. The highest BCUT2D eigenvalue weighted by atomic mass is 32.2. The SMILES string of the molecule is Cc1c(C(F)(F)F)n2c(nc1=O)C(C)CS2. The van der Waals surface area contributed by atoms with Gasteiger partial charge >= 0.3 is 6.18 Å². The van der Waals surface area contributed by atoms with E-state index in [1.807, 2.05) is 0 Å². The first-order chi connectivity index (χ1) is 7.32. The van der Waals surface area contributed by atoms with Gasteiger partial charge in [-0.2, -0.15) is 18.2 Å². The van der Waals surface area contributed by atoms with Gasteiger partial charge in [-0.25, -0.2) is 0 Å². The summed E-state index contributed by atoms with van der Waals surface area (Å²) in [5.74, 6) is 0.603. The van der Waals surface area contributed by atoms with E-state index in [0.717, 1.165) is 22.8 Å². The Balaban J connectivity index is 2.78. The molecule has 16 heavy (non-hydrogen) atoms. The summed E-state index contributed by atoms with van der Waals surface area (Å²) >= 11 is 1.05. The van der Waals surface area contributed by atoms with Gasteiger partial charge in [-0.15, -0.1) is 0 Å². The summed E-state index contributed by atoms with van der Waals surface area (Å²) in [5, 5.41) is 0. The second-order valence-electron chi connectivity index (χ2n) is 3.74. The lowest BCUT2D eigenvalue weighted by atomic mass is 10.2. The lowest BCUT2D eigenvalue weighted by Crippen LogP contribution is -2.25. The van der Waals surface area contributed by atoms with Crippen molar-refractivity contribution in [3.63, 3.8) is 0 Å². The van der Waals surface area contributed by atoms with E-state index in [9.17, 15) is 18.0 Å². The zero-order valence-corrected chi connectivity index (χ0v) is 9.45. The fourth-order valence-electron chi connectivity index (χ4n) is 1.63. The lowest BCUT2D eigenvalue weighted by Gasteiger charge is -2.15. The van der Waals surface area contributed by atoms with Gasteiger partial charge in [0.15, 0.2) is 0 Å². The third-order valence-corrected chi connectivity index (χ3v) is 3.74. The van der Waals surface area contributed by atoms with Crippen LogP contribution in [0.4, 0.5) is 13.2 Å². The Morgan fingerprint density at radius 2 is 2.12 bits per heavy atom. The summed E-state index contributed by atoms with van der Waals surface area (Å²) < 4.78 is 39.5. The van der Waals surface area contributed by atoms with E-state index in [0.29, 0.717) is 5.75 Å². The zero-order valence-electron chi connectivity index (χ0n) is 8.63. The molecule has 0 radical (unpaired) electrons. The van der Waals surface area contributed by atoms with Crippen molar-refractivity contribution in [3.05, 3.63) is 27.4 Å². The van der Waals surface area contributed by atoms with Crippen LogP contribution in [0.2, 0.25) is 0 Å². The van der Waals surface area contributed by atoms with E-state index in [2.05, 4.69) is 4.98 Å². The molecule has 0 bridgehead atoms. The van der Waals surface area contributed by atoms with Gasteiger partial charge in [-0.1, -0.05) is 6.92 Å². The molecule has 1 unspecified atom stereocenters. The third kappa shape index (κ3) is 1.63. The molecule has 3 nitrogen and oxygen atoms in total. The molecule has 7 heteroatoms. The van der Waals surface area contributed by atoms with Gasteiger partial charge in [0, 0.05) is 17.2 Å².